The van der Waals surface area contributed by atoms with E-state index in [-0.39, 0.29) is 0 Å². The number of rotatable bonds is 1. The number of halogens is 1. The second kappa shape index (κ2) is 4.18. The number of aromatic nitrogens is 2. The SMILES string of the molecule is Brc1cn(C2CCOCC2)c2cnccc12. The molecule has 1 aliphatic heterocycles. The first-order valence-corrected chi connectivity index (χ1v) is 6.33. The zero-order valence-electron chi connectivity index (χ0n) is 8.90. The van der Waals surface area contributed by atoms with Crippen molar-refractivity contribution in [2.24, 2.45) is 0 Å². The molecule has 0 aromatic carbocycles. The summed E-state index contributed by atoms with van der Waals surface area (Å²) in [4.78, 5) is 4.21. The summed E-state index contributed by atoms with van der Waals surface area (Å²) in [5.41, 5.74) is 1.21. The summed E-state index contributed by atoms with van der Waals surface area (Å²) in [6.07, 6.45) is 8.12. The van der Waals surface area contributed by atoms with Gasteiger partial charge in [0.15, 0.2) is 0 Å². The molecular weight excluding hydrogens is 268 g/mol. The van der Waals surface area contributed by atoms with E-state index in [4.69, 9.17) is 4.74 Å². The Balaban J connectivity index is 2.08. The molecule has 16 heavy (non-hydrogen) atoms. The molecule has 3 nitrogen and oxygen atoms in total. The van der Waals surface area contributed by atoms with Crippen LogP contribution in [0.2, 0.25) is 0 Å². The van der Waals surface area contributed by atoms with Gasteiger partial charge in [0.2, 0.25) is 0 Å². The van der Waals surface area contributed by atoms with Crippen molar-refractivity contribution in [2.45, 2.75) is 18.9 Å². The molecule has 0 N–H and O–H groups in total. The van der Waals surface area contributed by atoms with E-state index in [0.29, 0.717) is 6.04 Å². The van der Waals surface area contributed by atoms with Gasteiger partial charge in [0, 0.05) is 41.5 Å². The van der Waals surface area contributed by atoms with Gasteiger partial charge in [-0.05, 0) is 34.8 Å². The first kappa shape index (κ1) is 10.3. The van der Waals surface area contributed by atoms with E-state index in [1.807, 2.05) is 12.4 Å². The van der Waals surface area contributed by atoms with Gasteiger partial charge < -0.3 is 9.30 Å². The predicted octanol–water partition coefficient (Wildman–Crippen LogP) is 3.15. The minimum absolute atomic E-state index is 0.548. The Hall–Kier alpha value is -0.870. The molecular formula is C12H13BrN2O. The minimum atomic E-state index is 0.548. The van der Waals surface area contributed by atoms with Crippen LogP contribution in [-0.4, -0.2) is 22.8 Å². The molecule has 0 bridgehead atoms. The van der Waals surface area contributed by atoms with Crippen LogP contribution >= 0.6 is 15.9 Å². The van der Waals surface area contributed by atoms with Crippen LogP contribution in [0, 0.1) is 0 Å². The summed E-state index contributed by atoms with van der Waals surface area (Å²) < 4.78 is 8.88. The van der Waals surface area contributed by atoms with Crippen molar-refractivity contribution >= 4 is 26.8 Å². The second-order valence-electron chi connectivity index (χ2n) is 4.12. The average molecular weight is 281 g/mol. The molecule has 2 aromatic rings. The molecule has 3 rings (SSSR count). The Morgan fingerprint density at radius 2 is 2.19 bits per heavy atom. The summed E-state index contributed by atoms with van der Waals surface area (Å²) in [6, 6.07) is 2.60. The highest BCUT2D eigenvalue weighted by Crippen LogP contribution is 2.31. The largest absolute Gasteiger partial charge is 0.381 e. The van der Waals surface area contributed by atoms with Gasteiger partial charge in [-0.15, -0.1) is 0 Å². The Kier molecular flexibility index (Phi) is 2.69. The molecule has 0 spiro atoms. The van der Waals surface area contributed by atoms with E-state index >= 15 is 0 Å². The van der Waals surface area contributed by atoms with Crippen LogP contribution in [0.25, 0.3) is 10.9 Å². The zero-order chi connectivity index (χ0) is 11.0. The van der Waals surface area contributed by atoms with Crippen molar-refractivity contribution in [3.63, 3.8) is 0 Å². The number of nitrogens with zero attached hydrogens (tertiary/aromatic N) is 2. The fourth-order valence-corrected chi connectivity index (χ4v) is 2.88. The lowest BCUT2D eigenvalue weighted by molar-refractivity contribution is 0.0707. The monoisotopic (exact) mass is 280 g/mol. The van der Waals surface area contributed by atoms with E-state index in [2.05, 4.69) is 37.7 Å². The molecule has 2 aromatic heterocycles. The van der Waals surface area contributed by atoms with Crippen molar-refractivity contribution in [2.75, 3.05) is 13.2 Å². The number of pyridine rings is 1. The van der Waals surface area contributed by atoms with E-state index in [9.17, 15) is 0 Å². The fourth-order valence-electron chi connectivity index (χ4n) is 2.32. The van der Waals surface area contributed by atoms with Crippen LogP contribution in [0.1, 0.15) is 18.9 Å². The van der Waals surface area contributed by atoms with Crippen molar-refractivity contribution in [3.8, 4) is 0 Å². The normalized spacial score (nSPS) is 18.1. The average Bonchev–Trinajstić information content (AvgIpc) is 2.69. The van der Waals surface area contributed by atoms with Gasteiger partial charge in [-0.2, -0.15) is 0 Å². The molecule has 1 fully saturated rings. The Bertz CT molecular complexity index is 503. The highest BCUT2D eigenvalue weighted by Gasteiger charge is 2.18. The van der Waals surface area contributed by atoms with Crippen LogP contribution in [0.4, 0.5) is 0 Å². The highest BCUT2D eigenvalue weighted by atomic mass is 79.9. The summed E-state index contributed by atoms with van der Waals surface area (Å²) in [5.74, 6) is 0. The quantitative estimate of drug-likeness (QED) is 0.803. The molecule has 84 valence electrons. The Labute approximate surface area is 103 Å². The molecule has 0 radical (unpaired) electrons. The van der Waals surface area contributed by atoms with Gasteiger partial charge in [-0.25, -0.2) is 0 Å². The number of fused-ring (bicyclic) bond motifs is 1. The van der Waals surface area contributed by atoms with Gasteiger partial charge in [-0.3, -0.25) is 4.98 Å². The highest BCUT2D eigenvalue weighted by molar-refractivity contribution is 9.10. The lowest BCUT2D eigenvalue weighted by Gasteiger charge is -2.24. The number of hydrogen-bond donors (Lipinski definition) is 0. The first-order chi connectivity index (χ1) is 7.86. The van der Waals surface area contributed by atoms with Crippen molar-refractivity contribution in [1.29, 1.82) is 0 Å². The Morgan fingerprint density at radius 3 is 3.00 bits per heavy atom. The van der Waals surface area contributed by atoms with Gasteiger partial charge >= 0.3 is 0 Å². The van der Waals surface area contributed by atoms with E-state index < -0.39 is 0 Å². The lowest BCUT2D eigenvalue weighted by atomic mass is 10.1. The third kappa shape index (κ3) is 1.66. The Morgan fingerprint density at radius 1 is 1.38 bits per heavy atom. The zero-order valence-corrected chi connectivity index (χ0v) is 10.5. The van der Waals surface area contributed by atoms with E-state index in [1.165, 1.54) is 10.9 Å². The third-order valence-corrected chi connectivity index (χ3v) is 3.80. The summed E-state index contributed by atoms with van der Waals surface area (Å²) in [5, 5.41) is 1.24. The summed E-state index contributed by atoms with van der Waals surface area (Å²) in [6.45, 7) is 1.73. The molecule has 1 aliphatic rings. The van der Waals surface area contributed by atoms with Crippen molar-refractivity contribution < 1.29 is 4.74 Å². The molecule has 3 heterocycles. The molecule has 0 amide bonds. The van der Waals surface area contributed by atoms with E-state index in [0.717, 1.165) is 30.5 Å². The van der Waals surface area contributed by atoms with Gasteiger partial charge in [0.1, 0.15) is 0 Å². The maximum atomic E-state index is 5.40. The van der Waals surface area contributed by atoms with Crippen LogP contribution < -0.4 is 0 Å². The second-order valence-corrected chi connectivity index (χ2v) is 4.98. The van der Waals surface area contributed by atoms with Gasteiger partial charge in [0.25, 0.3) is 0 Å². The van der Waals surface area contributed by atoms with E-state index in [1.54, 1.807) is 0 Å². The third-order valence-electron chi connectivity index (χ3n) is 3.17. The summed E-state index contributed by atoms with van der Waals surface area (Å²) in [7, 11) is 0. The topological polar surface area (TPSA) is 27.1 Å². The molecule has 0 aliphatic carbocycles. The minimum Gasteiger partial charge on any atom is -0.381 e. The molecule has 1 saturated heterocycles. The van der Waals surface area contributed by atoms with Crippen molar-refractivity contribution in [3.05, 3.63) is 29.1 Å². The van der Waals surface area contributed by atoms with Crippen LogP contribution in [0.15, 0.2) is 29.1 Å². The fraction of sp³-hybridized carbons (Fsp3) is 0.417. The summed E-state index contributed by atoms with van der Waals surface area (Å²) >= 11 is 3.60. The van der Waals surface area contributed by atoms with Gasteiger partial charge in [0.05, 0.1) is 11.7 Å². The smallest absolute Gasteiger partial charge is 0.0681 e. The van der Waals surface area contributed by atoms with Crippen LogP contribution in [-0.2, 0) is 4.74 Å². The molecule has 0 saturated carbocycles. The maximum Gasteiger partial charge on any atom is 0.0681 e. The number of ether oxygens (including phenoxy) is 1. The van der Waals surface area contributed by atoms with Crippen molar-refractivity contribution in [1.82, 2.24) is 9.55 Å². The lowest BCUT2D eigenvalue weighted by Crippen LogP contribution is -2.18. The van der Waals surface area contributed by atoms with Crippen LogP contribution in [0.5, 0.6) is 0 Å². The first-order valence-electron chi connectivity index (χ1n) is 5.54. The van der Waals surface area contributed by atoms with Gasteiger partial charge in [-0.1, -0.05) is 0 Å². The number of hydrogen-bond acceptors (Lipinski definition) is 2. The maximum absolute atomic E-state index is 5.40. The molecule has 0 unspecified atom stereocenters. The molecule has 4 heteroatoms. The molecule has 0 atom stereocenters. The van der Waals surface area contributed by atoms with Crippen LogP contribution in [0.3, 0.4) is 0 Å². The predicted molar refractivity (Wildman–Crippen MR) is 66.5 cm³/mol. The standard InChI is InChI=1S/C12H13BrN2O/c13-11-8-15(9-2-5-16-6-3-9)12-7-14-4-1-10(11)12/h1,4,7-9H,2-3,5-6H2.